The molecular weight excluding hydrogens is 344 g/mol. The van der Waals surface area contributed by atoms with E-state index in [4.69, 9.17) is 16.3 Å². The van der Waals surface area contributed by atoms with E-state index in [1.807, 2.05) is 20.8 Å². The maximum absolute atomic E-state index is 13.2. The van der Waals surface area contributed by atoms with Crippen molar-refractivity contribution in [2.75, 3.05) is 0 Å². The molecule has 0 radical (unpaired) electrons. The van der Waals surface area contributed by atoms with Crippen LogP contribution in [0.15, 0.2) is 46.3 Å². The molecule has 0 amide bonds. The minimum absolute atomic E-state index is 0.0384. The second-order valence-corrected chi connectivity index (χ2v) is 9.87. The molecule has 1 aliphatic rings. The highest BCUT2D eigenvalue weighted by atomic mass is 35.5. The molecule has 1 saturated carbocycles. The topological polar surface area (TPSA) is 43.4 Å². The van der Waals surface area contributed by atoms with Gasteiger partial charge in [0.15, 0.2) is 9.84 Å². The molecule has 0 aliphatic heterocycles. The van der Waals surface area contributed by atoms with Crippen molar-refractivity contribution >= 4 is 21.4 Å². The summed E-state index contributed by atoms with van der Waals surface area (Å²) in [4.78, 5) is 0.0384. The van der Waals surface area contributed by atoms with Gasteiger partial charge in [-0.1, -0.05) is 64.4 Å². The van der Waals surface area contributed by atoms with Gasteiger partial charge in [0.05, 0.1) is 10.3 Å². The molecule has 1 rings (SSSR count). The molecule has 0 aromatic rings. The van der Waals surface area contributed by atoms with Crippen molar-refractivity contribution in [1.82, 2.24) is 0 Å². The van der Waals surface area contributed by atoms with Crippen LogP contribution in [0.25, 0.3) is 0 Å². The Morgan fingerprint density at radius 2 is 1.71 bits per heavy atom. The third-order valence-electron chi connectivity index (χ3n) is 4.15. The van der Waals surface area contributed by atoms with Crippen LogP contribution in [0.4, 0.5) is 0 Å². The molecule has 1 aliphatic carbocycles. The van der Waals surface area contributed by atoms with Gasteiger partial charge in [0.25, 0.3) is 0 Å². The van der Waals surface area contributed by atoms with Crippen LogP contribution >= 0.6 is 11.6 Å². The van der Waals surface area contributed by atoms with Crippen LogP contribution in [0, 0.1) is 5.41 Å². The molecule has 0 saturated heterocycles. The van der Waals surface area contributed by atoms with E-state index in [0.29, 0.717) is 24.2 Å². The Kier molecular flexibility index (Phi) is 6.94. The second kappa shape index (κ2) is 7.92. The number of hydrogen-bond donors (Lipinski definition) is 0. The van der Waals surface area contributed by atoms with E-state index in [1.165, 1.54) is 0 Å². The molecule has 3 nitrogen and oxygen atoms in total. The fourth-order valence-corrected chi connectivity index (χ4v) is 5.03. The molecule has 0 aromatic heterocycles. The van der Waals surface area contributed by atoms with Gasteiger partial charge in [-0.2, -0.15) is 0 Å². The van der Waals surface area contributed by atoms with E-state index in [0.717, 1.165) is 12.8 Å². The third-order valence-corrected chi connectivity index (χ3v) is 6.99. The van der Waals surface area contributed by atoms with Crippen molar-refractivity contribution < 1.29 is 13.2 Å². The summed E-state index contributed by atoms with van der Waals surface area (Å²) in [6, 6.07) is 0. The summed E-state index contributed by atoms with van der Waals surface area (Å²) >= 11 is 6.30. The van der Waals surface area contributed by atoms with Gasteiger partial charge in [0, 0.05) is 5.41 Å². The van der Waals surface area contributed by atoms with Crippen molar-refractivity contribution in [1.29, 1.82) is 0 Å². The first-order valence-corrected chi connectivity index (χ1v) is 10.2. The number of hydrogen-bond acceptors (Lipinski definition) is 3. The molecule has 1 fully saturated rings. The Bertz CT molecular complexity index is 670. The van der Waals surface area contributed by atoms with Crippen LogP contribution in [-0.2, 0) is 14.6 Å². The van der Waals surface area contributed by atoms with Gasteiger partial charge in [0.2, 0.25) is 0 Å². The van der Waals surface area contributed by atoms with Gasteiger partial charge in [-0.3, -0.25) is 0 Å². The van der Waals surface area contributed by atoms with Crippen molar-refractivity contribution in [2.45, 2.75) is 65.6 Å². The van der Waals surface area contributed by atoms with Gasteiger partial charge in [0.1, 0.15) is 16.4 Å². The maximum Gasteiger partial charge on any atom is 0.186 e. The van der Waals surface area contributed by atoms with E-state index in [2.05, 4.69) is 13.2 Å². The summed E-state index contributed by atoms with van der Waals surface area (Å²) in [7, 11) is -3.60. The van der Waals surface area contributed by atoms with E-state index in [-0.39, 0.29) is 21.1 Å². The van der Waals surface area contributed by atoms with Crippen LogP contribution in [0.1, 0.15) is 60.3 Å². The van der Waals surface area contributed by atoms with Gasteiger partial charge in [-0.05, 0) is 32.3 Å². The molecule has 24 heavy (non-hydrogen) atoms. The van der Waals surface area contributed by atoms with Crippen molar-refractivity contribution in [3.05, 3.63) is 46.3 Å². The van der Waals surface area contributed by atoms with Gasteiger partial charge in [-0.15, -0.1) is 0 Å². The van der Waals surface area contributed by atoms with Crippen LogP contribution in [0.3, 0.4) is 0 Å². The maximum atomic E-state index is 13.2. The number of allylic oxidation sites excluding steroid dienone is 4. The highest BCUT2D eigenvalue weighted by Gasteiger charge is 2.36. The van der Waals surface area contributed by atoms with E-state index in [1.54, 1.807) is 19.9 Å². The first kappa shape index (κ1) is 21.0. The molecule has 0 spiro atoms. The van der Waals surface area contributed by atoms with Crippen LogP contribution in [0.2, 0.25) is 0 Å². The minimum atomic E-state index is -3.60. The van der Waals surface area contributed by atoms with Crippen molar-refractivity contribution in [2.24, 2.45) is 5.41 Å². The molecule has 136 valence electrons. The average molecular weight is 373 g/mol. The van der Waals surface area contributed by atoms with E-state index < -0.39 is 15.1 Å². The van der Waals surface area contributed by atoms with E-state index in [9.17, 15) is 8.42 Å². The lowest BCUT2D eigenvalue weighted by atomic mass is 9.95. The summed E-state index contributed by atoms with van der Waals surface area (Å²) in [6.45, 7) is 17.1. The molecule has 0 heterocycles. The summed E-state index contributed by atoms with van der Waals surface area (Å²) in [5, 5.41) is -0.247. The standard InChI is InChI=1S/C19H29ClO3S/c1-8-16(20)18(24(21,22)15-11-9-10-12-15)17(13(2)3)23-14(4)19(5,6)7/h8,15H,2,4,9-12H2,1,3,5-7H3/b16-8+,18-17-. The fourth-order valence-electron chi connectivity index (χ4n) is 2.47. The van der Waals surface area contributed by atoms with Crippen LogP contribution in [-0.4, -0.2) is 13.7 Å². The SMILES string of the molecule is C=C(C)/C(OC(=C)C(C)(C)C)=C(\C(Cl)=C/C)S(=O)(=O)C1CCCC1. The van der Waals surface area contributed by atoms with Crippen LogP contribution < -0.4 is 0 Å². The molecule has 0 atom stereocenters. The predicted octanol–water partition coefficient (Wildman–Crippen LogP) is 5.85. The van der Waals surface area contributed by atoms with Gasteiger partial charge < -0.3 is 4.74 Å². The Morgan fingerprint density at radius 3 is 2.08 bits per heavy atom. The van der Waals surface area contributed by atoms with Crippen LogP contribution in [0.5, 0.6) is 0 Å². The lowest BCUT2D eigenvalue weighted by molar-refractivity contribution is 0.225. The molecule has 5 heteroatoms. The molecule has 0 unspecified atom stereocenters. The predicted molar refractivity (Wildman–Crippen MR) is 102 cm³/mol. The summed E-state index contributed by atoms with van der Waals surface area (Å²) < 4.78 is 32.2. The molecule has 0 N–H and O–H groups in total. The third kappa shape index (κ3) is 4.76. The monoisotopic (exact) mass is 372 g/mol. The molecule has 0 aromatic carbocycles. The largest absolute Gasteiger partial charge is 0.460 e. The fraction of sp³-hybridized carbons (Fsp3) is 0.579. The summed E-state index contributed by atoms with van der Waals surface area (Å²) in [5.74, 6) is 0.671. The Morgan fingerprint density at radius 1 is 1.21 bits per heavy atom. The summed E-state index contributed by atoms with van der Waals surface area (Å²) in [5.41, 5.74) is 0.183. The zero-order chi connectivity index (χ0) is 18.7. The number of ether oxygens (including phenoxy) is 1. The Balaban J connectivity index is 3.54. The van der Waals surface area contributed by atoms with Crippen molar-refractivity contribution in [3.63, 3.8) is 0 Å². The lowest BCUT2D eigenvalue weighted by Crippen LogP contribution is -2.23. The zero-order valence-electron chi connectivity index (χ0n) is 15.4. The zero-order valence-corrected chi connectivity index (χ0v) is 17.0. The second-order valence-electron chi connectivity index (χ2n) is 7.30. The van der Waals surface area contributed by atoms with Crippen molar-refractivity contribution in [3.8, 4) is 0 Å². The van der Waals surface area contributed by atoms with E-state index >= 15 is 0 Å². The highest BCUT2D eigenvalue weighted by molar-refractivity contribution is 7.96. The normalized spacial score (nSPS) is 18.3. The smallest absolute Gasteiger partial charge is 0.186 e. The quantitative estimate of drug-likeness (QED) is 0.433. The molecular formula is C19H29ClO3S. The van der Waals surface area contributed by atoms with Gasteiger partial charge >= 0.3 is 0 Å². The van der Waals surface area contributed by atoms with Gasteiger partial charge in [-0.25, -0.2) is 8.42 Å². The average Bonchev–Trinajstić information content (AvgIpc) is 2.99. The number of sulfone groups is 1. The molecule has 0 bridgehead atoms. The first-order valence-electron chi connectivity index (χ1n) is 8.26. The highest BCUT2D eigenvalue weighted by Crippen LogP contribution is 2.38. The Labute approximate surface area is 152 Å². The Hall–Kier alpha value is -1.00. The minimum Gasteiger partial charge on any atom is -0.460 e. The lowest BCUT2D eigenvalue weighted by Gasteiger charge is -2.26. The number of rotatable bonds is 6. The number of halogens is 1. The summed E-state index contributed by atoms with van der Waals surface area (Å²) in [6.07, 6.45) is 4.73. The first-order chi connectivity index (χ1) is 10.9.